The van der Waals surface area contributed by atoms with Crippen molar-refractivity contribution in [2.75, 3.05) is 0 Å². The summed E-state index contributed by atoms with van der Waals surface area (Å²) in [6.45, 7) is 0. The van der Waals surface area contributed by atoms with Crippen molar-refractivity contribution in [1.29, 1.82) is 0 Å². The Labute approximate surface area is 101 Å². The van der Waals surface area contributed by atoms with Gasteiger partial charge in [0, 0.05) is 0 Å². The molecule has 0 heterocycles. The van der Waals surface area contributed by atoms with Crippen molar-refractivity contribution in [3.63, 3.8) is 0 Å². The van der Waals surface area contributed by atoms with E-state index >= 15 is 0 Å². The smallest absolute Gasteiger partial charge is 0.0766 e. The van der Waals surface area contributed by atoms with Gasteiger partial charge in [0.15, 0.2) is 0 Å². The van der Waals surface area contributed by atoms with Gasteiger partial charge in [-0.05, 0) is 49.3 Å². The largest absolute Gasteiger partial charge is 0.106 e. The third-order valence-corrected chi connectivity index (χ3v) is 2.30. The third-order valence-electron chi connectivity index (χ3n) is 1.51. The molecule has 68 valence electrons. The van der Waals surface area contributed by atoms with Crippen LogP contribution in [-0.2, 0) is 0 Å². The number of halogens is 2. The van der Waals surface area contributed by atoms with Crippen LogP contribution >= 0.6 is 31.9 Å². The van der Waals surface area contributed by atoms with E-state index < -0.39 is 0 Å². The van der Waals surface area contributed by atoms with Gasteiger partial charge in [0.2, 0.25) is 0 Å². The number of benzene rings is 1. The van der Waals surface area contributed by atoms with E-state index in [0.717, 1.165) is 14.5 Å². The van der Waals surface area contributed by atoms with Crippen LogP contribution in [0.5, 0.6) is 0 Å². The van der Waals surface area contributed by atoms with Gasteiger partial charge in [-0.3, -0.25) is 0 Å². The Morgan fingerprint density at radius 3 is 2.29 bits per heavy atom. The average molecular weight is 310 g/mol. The Bertz CT molecular complexity index is 435. The molecule has 0 bridgehead atoms. The van der Waals surface area contributed by atoms with Crippen LogP contribution in [0.3, 0.4) is 0 Å². The molecule has 2 heteroatoms. The highest BCUT2D eigenvalue weighted by Crippen LogP contribution is 2.26. The second-order valence-electron chi connectivity index (χ2n) is 2.40. The molecule has 1 aromatic rings. The first-order chi connectivity index (χ1) is 6.75. The van der Waals surface area contributed by atoms with Gasteiger partial charge in [-0.15, -0.1) is 6.42 Å². The number of hydrogen-bond donors (Lipinski definition) is 0. The highest BCUT2D eigenvalue weighted by Gasteiger charge is 2.00. The lowest BCUT2D eigenvalue weighted by atomic mass is 10.1. The molecule has 0 saturated carbocycles. The maximum atomic E-state index is 5.08. The van der Waals surface area contributed by atoms with Crippen molar-refractivity contribution in [1.82, 2.24) is 0 Å². The summed E-state index contributed by atoms with van der Waals surface area (Å²) >= 11 is 6.67. The van der Waals surface area contributed by atoms with Crippen molar-refractivity contribution in [3.05, 3.63) is 39.3 Å². The molecular weight excluding hydrogens is 304 g/mol. The lowest BCUT2D eigenvalue weighted by Gasteiger charge is -1.99. The first kappa shape index (κ1) is 11.1. The normalized spacial score (nSPS) is 8.07. The van der Waals surface area contributed by atoms with E-state index in [9.17, 15) is 0 Å². The van der Waals surface area contributed by atoms with Crippen molar-refractivity contribution < 1.29 is 0 Å². The molecule has 0 aliphatic carbocycles. The molecule has 1 aromatic carbocycles. The van der Waals surface area contributed by atoms with Crippen LogP contribution in [-0.4, -0.2) is 0 Å². The van der Waals surface area contributed by atoms with Crippen molar-refractivity contribution in [2.45, 2.75) is 0 Å². The maximum Gasteiger partial charge on any atom is 0.0766 e. The summed E-state index contributed by atoms with van der Waals surface area (Å²) in [5.74, 6) is 7.76. The van der Waals surface area contributed by atoms with Crippen LogP contribution < -0.4 is 0 Å². The molecule has 14 heavy (non-hydrogen) atoms. The fraction of sp³-hybridized carbons (Fsp3) is 0. The standard InChI is InChI=1S/C12H6Br2/c1-2-3-9-11(12(13)14)10-7-5-4-6-8-10/h1,4-8H. The van der Waals surface area contributed by atoms with Crippen molar-refractivity contribution in [3.8, 4) is 24.2 Å². The molecule has 0 fully saturated rings. The summed E-state index contributed by atoms with van der Waals surface area (Å²) in [5, 5.41) is 0. The van der Waals surface area contributed by atoms with Gasteiger partial charge in [-0.2, -0.15) is 0 Å². The molecule has 0 atom stereocenters. The molecular formula is C12H6Br2. The summed E-state index contributed by atoms with van der Waals surface area (Å²) in [6.07, 6.45) is 5.08. The van der Waals surface area contributed by atoms with Crippen molar-refractivity contribution >= 4 is 37.4 Å². The minimum absolute atomic E-state index is 0.805. The molecule has 0 amide bonds. The van der Waals surface area contributed by atoms with Crippen LogP contribution in [0.2, 0.25) is 0 Å². The summed E-state index contributed by atoms with van der Waals surface area (Å²) in [7, 11) is 0. The highest BCUT2D eigenvalue weighted by atomic mass is 79.9. The van der Waals surface area contributed by atoms with Gasteiger partial charge in [0.25, 0.3) is 0 Å². The summed E-state index contributed by atoms with van der Waals surface area (Å²) < 4.78 is 0.805. The topological polar surface area (TPSA) is 0 Å². The number of hydrogen-bond acceptors (Lipinski definition) is 0. The first-order valence-electron chi connectivity index (χ1n) is 3.83. The Morgan fingerprint density at radius 1 is 1.14 bits per heavy atom. The van der Waals surface area contributed by atoms with E-state index in [1.54, 1.807) is 0 Å². The Hall–Kier alpha value is -0.960. The lowest BCUT2D eigenvalue weighted by molar-refractivity contribution is 1.64. The Kier molecular flexibility index (Phi) is 4.53. The minimum Gasteiger partial charge on any atom is -0.106 e. The highest BCUT2D eigenvalue weighted by molar-refractivity contribution is 9.28. The van der Waals surface area contributed by atoms with Crippen LogP contribution in [0.15, 0.2) is 33.7 Å². The molecule has 0 aliphatic rings. The van der Waals surface area contributed by atoms with Crippen LogP contribution in [0, 0.1) is 24.2 Å². The van der Waals surface area contributed by atoms with E-state index in [2.05, 4.69) is 49.6 Å². The average Bonchev–Trinajstić information content (AvgIpc) is 2.19. The monoisotopic (exact) mass is 308 g/mol. The van der Waals surface area contributed by atoms with E-state index in [1.807, 2.05) is 30.3 Å². The fourth-order valence-electron chi connectivity index (χ4n) is 0.932. The zero-order valence-electron chi connectivity index (χ0n) is 7.22. The molecule has 1 rings (SSSR count). The number of rotatable bonds is 1. The van der Waals surface area contributed by atoms with Crippen LogP contribution in [0.4, 0.5) is 0 Å². The molecule has 0 spiro atoms. The molecule has 0 nitrogen and oxygen atoms in total. The fourth-order valence-corrected chi connectivity index (χ4v) is 1.59. The zero-order chi connectivity index (χ0) is 10.4. The van der Waals surface area contributed by atoms with Crippen LogP contribution in [0.25, 0.3) is 5.57 Å². The lowest BCUT2D eigenvalue weighted by Crippen LogP contribution is -1.80. The zero-order valence-corrected chi connectivity index (χ0v) is 10.4. The molecule has 0 saturated heterocycles. The Morgan fingerprint density at radius 2 is 1.79 bits per heavy atom. The van der Waals surface area contributed by atoms with E-state index in [-0.39, 0.29) is 0 Å². The SMILES string of the molecule is C#CC#CC(=C(Br)Br)c1ccccc1. The maximum absolute atomic E-state index is 5.08. The molecule has 0 aliphatic heterocycles. The summed E-state index contributed by atoms with van der Waals surface area (Å²) in [4.78, 5) is 0. The quantitative estimate of drug-likeness (QED) is 0.693. The van der Waals surface area contributed by atoms with E-state index in [1.165, 1.54) is 0 Å². The first-order valence-corrected chi connectivity index (χ1v) is 5.41. The second kappa shape index (κ2) is 5.70. The third kappa shape index (κ3) is 3.07. The molecule has 0 aromatic heterocycles. The molecule has 0 N–H and O–H groups in total. The predicted molar refractivity (Wildman–Crippen MR) is 67.8 cm³/mol. The van der Waals surface area contributed by atoms with E-state index in [4.69, 9.17) is 6.42 Å². The van der Waals surface area contributed by atoms with Gasteiger partial charge in [-0.1, -0.05) is 36.3 Å². The van der Waals surface area contributed by atoms with Gasteiger partial charge < -0.3 is 0 Å². The Balaban J connectivity index is 3.18. The molecule has 0 radical (unpaired) electrons. The number of terminal acetylenes is 1. The minimum atomic E-state index is 0.805. The van der Waals surface area contributed by atoms with Crippen LogP contribution in [0.1, 0.15) is 5.56 Å². The molecule has 0 unspecified atom stereocenters. The van der Waals surface area contributed by atoms with Crippen molar-refractivity contribution in [2.24, 2.45) is 0 Å². The second-order valence-corrected chi connectivity index (χ2v) is 5.05. The van der Waals surface area contributed by atoms with E-state index in [0.29, 0.717) is 0 Å². The van der Waals surface area contributed by atoms with Gasteiger partial charge in [0.05, 0.1) is 8.96 Å². The number of allylic oxidation sites excluding steroid dienone is 1. The summed E-state index contributed by atoms with van der Waals surface area (Å²) in [5.41, 5.74) is 1.88. The van der Waals surface area contributed by atoms with Gasteiger partial charge >= 0.3 is 0 Å². The van der Waals surface area contributed by atoms with Gasteiger partial charge in [-0.25, -0.2) is 0 Å². The predicted octanol–water partition coefficient (Wildman–Crippen LogP) is 3.78. The summed E-state index contributed by atoms with van der Waals surface area (Å²) in [6, 6.07) is 9.82. The van der Waals surface area contributed by atoms with Gasteiger partial charge in [0.1, 0.15) is 0 Å².